The van der Waals surface area contributed by atoms with Crippen LogP contribution >= 0.6 is 22.6 Å². The predicted octanol–water partition coefficient (Wildman–Crippen LogP) is 2.21. The molecule has 74 valence electrons. The minimum Gasteiger partial charge on any atom is -0.338 e. The molecule has 2 rings (SSSR count). The third-order valence-corrected chi connectivity index (χ3v) is 2.94. The number of anilines is 1. The fraction of sp³-hybridized carbons (Fsp3) is 0.300. The first-order valence-corrected chi connectivity index (χ1v) is 5.66. The van der Waals surface area contributed by atoms with E-state index >= 15 is 0 Å². The van der Waals surface area contributed by atoms with Crippen molar-refractivity contribution in [3.8, 4) is 0 Å². The lowest BCUT2D eigenvalue weighted by Crippen LogP contribution is -2.46. The van der Waals surface area contributed by atoms with Crippen LogP contribution < -0.4 is 10.2 Å². The molecule has 1 saturated heterocycles. The lowest BCUT2D eigenvalue weighted by atomic mass is 10.2. The molecule has 2 amide bonds. The van der Waals surface area contributed by atoms with E-state index in [1.807, 2.05) is 24.3 Å². The van der Waals surface area contributed by atoms with Crippen LogP contribution in [0.25, 0.3) is 0 Å². The number of carbonyl (C=O) groups is 1. The van der Waals surface area contributed by atoms with Crippen LogP contribution in [0.3, 0.4) is 0 Å². The van der Waals surface area contributed by atoms with Crippen molar-refractivity contribution in [2.24, 2.45) is 0 Å². The molecule has 0 bridgehead atoms. The molecule has 14 heavy (non-hydrogen) atoms. The number of hydrogen-bond acceptors (Lipinski definition) is 1. The summed E-state index contributed by atoms with van der Waals surface area (Å²) >= 11 is 2.25. The molecular formula is C10H11IN2O. The maximum absolute atomic E-state index is 11.5. The third-order valence-electron chi connectivity index (χ3n) is 2.22. The summed E-state index contributed by atoms with van der Waals surface area (Å²) in [6.07, 6.45) is 1.01. The molecule has 0 atom stereocenters. The Morgan fingerprint density at radius 3 is 2.64 bits per heavy atom. The van der Waals surface area contributed by atoms with Crippen molar-refractivity contribution in [2.75, 3.05) is 18.0 Å². The van der Waals surface area contributed by atoms with Crippen molar-refractivity contribution < 1.29 is 4.79 Å². The molecule has 4 heteroatoms. The van der Waals surface area contributed by atoms with Crippen LogP contribution in [0.2, 0.25) is 0 Å². The van der Waals surface area contributed by atoms with Crippen LogP contribution in [-0.2, 0) is 0 Å². The van der Waals surface area contributed by atoms with Crippen LogP contribution in [0.1, 0.15) is 6.42 Å². The number of urea groups is 1. The van der Waals surface area contributed by atoms with E-state index in [-0.39, 0.29) is 6.03 Å². The number of rotatable bonds is 1. The number of nitrogens with one attached hydrogen (secondary N) is 1. The van der Waals surface area contributed by atoms with Gasteiger partial charge in [-0.05, 0) is 53.3 Å². The average Bonchev–Trinajstić information content (AvgIpc) is 2.20. The Morgan fingerprint density at radius 1 is 1.29 bits per heavy atom. The van der Waals surface area contributed by atoms with Gasteiger partial charge in [-0.3, -0.25) is 4.90 Å². The minimum atomic E-state index is 0.0115. The molecule has 1 N–H and O–H groups in total. The summed E-state index contributed by atoms with van der Waals surface area (Å²) in [5.41, 5.74) is 0.975. The predicted molar refractivity (Wildman–Crippen MR) is 64.5 cm³/mol. The first-order valence-electron chi connectivity index (χ1n) is 4.58. The Labute approximate surface area is 96.6 Å². The quantitative estimate of drug-likeness (QED) is 0.793. The van der Waals surface area contributed by atoms with Gasteiger partial charge in [0, 0.05) is 22.3 Å². The second kappa shape index (κ2) is 4.16. The Morgan fingerprint density at radius 2 is 2.00 bits per heavy atom. The van der Waals surface area contributed by atoms with E-state index in [2.05, 4.69) is 27.9 Å². The molecule has 0 aromatic heterocycles. The smallest absolute Gasteiger partial charge is 0.321 e. The van der Waals surface area contributed by atoms with Gasteiger partial charge in [-0.25, -0.2) is 4.79 Å². The zero-order valence-corrected chi connectivity index (χ0v) is 9.82. The molecule has 1 aliphatic rings. The molecule has 0 spiro atoms. The molecule has 1 fully saturated rings. The van der Waals surface area contributed by atoms with Crippen LogP contribution in [0.5, 0.6) is 0 Å². The molecule has 1 heterocycles. The highest BCUT2D eigenvalue weighted by Gasteiger charge is 2.18. The van der Waals surface area contributed by atoms with Crippen molar-refractivity contribution in [1.82, 2.24) is 5.32 Å². The molecule has 0 unspecified atom stereocenters. The van der Waals surface area contributed by atoms with Crippen molar-refractivity contribution in [1.29, 1.82) is 0 Å². The van der Waals surface area contributed by atoms with Crippen molar-refractivity contribution >= 4 is 34.3 Å². The van der Waals surface area contributed by atoms with E-state index < -0.39 is 0 Å². The Bertz CT molecular complexity index is 336. The average molecular weight is 302 g/mol. The maximum atomic E-state index is 11.5. The third kappa shape index (κ3) is 2.00. The minimum absolute atomic E-state index is 0.0115. The van der Waals surface area contributed by atoms with Crippen LogP contribution in [-0.4, -0.2) is 19.1 Å². The molecule has 0 aliphatic carbocycles. The Kier molecular flexibility index (Phi) is 2.90. The molecular weight excluding hydrogens is 291 g/mol. The first kappa shape index (κ1) is 9.76. The number of halogens is 1. The standard InChI is InChI=1S/C10H11IN2O/c11-8-2-4-9(5-3-8)13-7-1-6-12-10(13)14/h2-5H,1,6-7H2,(H,12,14). The number of nitrogens with zero attached hydrogens (tertiary/aromatic N) is 1. The van der Waals surface area contributed by atoms with Gasteiger partial charge in [0.2, 0.25) is 0 Å². The highest BCUT2D eigenvalue weighted by atomic mass is 127. The maximum Gasteiger partial charge on any atom is 0.321 e. The molecule has 1 aromatic carbocycles. The van der Waals surface area contributed by atoms with Gasteiger partial charge in [0.15, 0.2) is 0 Å². The van der Waals surface area contributed by atoms with Gasteiger partial charge in [-0.1, -0.05) is 0 Å². The van der Waals surface area contributed by atoms with E-state index in [1.54, 1.807) is 4.90 Å². The number of carbonyl (C=O) groups excluding carboxylic acids is 1. The summed E-state index contributed by atoms with van der Waals surface area (Å²) in [6.45, 7) is 1.60. The van der Waals surface area contributed by atoms with Gasteiger partial charge in [-0.2, -0.15) is 0 Å². The largest absolute Gasteiger partial charge is 0.338 e. The van der Waals surface area contributed by atoms with Gasteiger partial charge >= 0.3 is 6.03 Å². The lowest BCUT2D eigenvalue weighted by molar-refractivity contribution is 0.243. The van der Waals surface area contributed by atoms with E-state index in [4.69, 9.17) is 0 Å². The second-order valence-electron chi connectivity index (χ2n) is 3.21. The number of hydrogen-bond donors (Lipinski definition) is 1. The monoisotopic (exact) mass is 302 g/mol. The zero-order valence-electron chi connectivity index (χ0n) is 7.66. The summed E-state index contributed by atoms with van der Waals surface area (Å²) in [7, 11) is 0. The van der Waals surface area contributed by atoms with Crippen molar-refractivity contribution in [3.05, 3.63) is 27.8 Å². The molecule has 0 radical (unpaired) electrons. The van der Waals surface area contributed by atoms with Gasteiger partial charge in [-0.15, -0.1) is 0 Å². The summed E-state index contributed by atoms with van der Waals surface area (Å²) in [5.74, 6) is 0. The van der Waals surface area contributed by atoms with Crippen LogP contribution in [0, 0.1) is 3.57 Å². The highest BCUT2D eigenvalue weighted by molar-refractivity contribution is 14.1. The normalized spacial score (nSPS) is 16.6. The second-order valence-corrected chi connectivity index (χ2v) is 4.46. The fourth-order valence-corrected chi connectivity index (χ4v) is 1.86. The van der Waals surface area contributed by atoms with E-state index in [9.17, 15) is 4.79 Å². The van der Waals surface area contributed by atoms with Crippen LogP contribution in [0.4, 0.5) is 10.5 Å². The molecule has 1 aromatic rings. The summed E-state index contributed by atoms with van der Waals surface area (Å²) in [4.78, 5) is 13.3. The van der Waals surface area contributed by atoms with Crippen molar-refractivity contribution in [3.63, 3.8) is 0 Å². The number of benzene rings is 1. The molecule has 3 nitrogen and oxygen atoms in total. The summed E-state index contributed by atoms with van der Waals surface area (Å²) in [6, 6.07) is 7.99. The topological polar surface area (TPSA) is 32.3 Å². The van der Waals surface area contributed by atoms with Crippen molar-refractivity contribution in [2.45, 2.75) is 6.42 Å². The van der Waals surface area contributed by atoms with E-state index in [1.165, 1.54) is 3.57 Å². The lowest BCUT2D eigenvalue weighted by Gasteiger charge is -2.27. The summed E-state index contributed by atoms with van der Waals surface area (Å²) < 4.78 is 1.18. The van der Waals surface area contributed by atoms with E-state index in [0.717, 1.165) is 25.2 Å². The van der Waals surface area contributed by atoms with E-state index in [0.29, 0.717) is 0 Å². The van der Waals surface area contributed by atoms with Gasteiger partial charge in [0.05, 0.1) is 0 Å². The fourth-order valence-electron chi connectivity index (χ4n) is 1.50. The zero-order chi connectivity index (χ0) is 9.97. The first-order chi connectivity index (χ1) is 6.77. The Hall–Kier alpha value is -0.780. The van der Waals surface area contributed by atoms with Gasteiger partial charge in [0.1, 0.15) is 0 Å². The summed E-state index contributed by atoms with van der Waals surface area (Å²) in [5, 5.41) is 2.83. The number of amides is 2. The van der Waals surface area contributed by atoms with Gasteiger partial charge in [0.25, 0.3) is 0 Å². The SMILES string of the molecule is O=C1NCCCN1c1ccc(I)cc1. The molecule has 1 aliphatic heterocycles. The van der Waals surface area contributed by atoms with Gasteiger partial charge < -0.3 is 5.32 Å². The van der Waals surface area contributed by atoms with Crippen LogP contribution in [0.15, 0.2) is 24.3 Å². The highest BCUT2D eigenvalue weighted by Crippen LogP contribution is 2.18. The molecule has 0 saturated carbocycles. The Balaban J connectivity index is 2.20.